The molecule has 126 valence electrons. The van der Waals surface area contributed by atoms with Crippen LogP contribution in [0.2, 0.25) is 0 Å². The van der Waals surface area contributed by atoms with E-state index in [1.807, 2.05) is 30.3 Å². The Hall–Kier alpha value is -2.21. The summed E-state index contributed by atoms with van der Waals surface area (Å²) in [7, 11) is 0. The van der Waals surface area contributed by atoms with Crippen LogP contribution in [0.15, 0.2) is 30.3 Å². The topological polar surface area (TPSA) is 68.3 Å². The van der Waals surface area contributed by atoms with Gasteiger partial charge in [-0.2, -0.15) is 0 Å². The largest absolute Gasteiger partial charge is 0.462 e. The number of carbonyl (C=O) groups excluding carboxylic acids is 2. The number of nitrogens with zero attached hydrogens (tertiary/aromatic N) is 1. The minimum atomic E-state index is -0.481. The molecular weight excluding hydrogens is 324 g/mol. The molecule has 0 saturated heterocycles. The lowest BCUT2D eigenvalue weighted by Gasteiger charge is -2.40. The molecule has 0 unspecified atom stereocenters. The Bertz CT molecular complexity index is 751. The third-order valence-electron chi connectivity index (χ3n) is 4.45. The second-order valence-electron chi connectivity index (χ2n) is 5.91. The number of thiazole rings is 1. The third-order valence-corrected chi connectivity index (χ3v) is 5.50. The van der Waals surface area contributed by atoms with Gasteiger partial charge in [0.05, 0.1) is 17.7 Å². The Kier molecular flexibility index (Phi) is 4.66. The Balaban J connectivity index is 1.80. The summed E-state index contributed by atoms with van der Waals surface area (Å²) in [6.07, 6.45) is 2.70. The predicted octanol–water partition coefficient (Wildman–Crippen LogP) is 3.69. The van der Waals surface area contributed by atoms with Crippen molar-refractivity contribution >= 4 is 28.3 Å². The SMILES string of the molecule is CCOC(=O)c1sc(NC(=O)C2(c3ccccc3)CCC2)nc1C. The lowest BCUT2D eigenvalue weighted by atomic mass is 9.64. The molecule has 0 bridgehead atoms. The number of aromatic nitrogens is 1. The zero-order valence-electron chi connectivity index (χ0n) is 13.8. The summed E-state index contributed by atoms with van der Waals surface area (Å²) in [6.45, 7) is 3.82. The maximum Gasteiger partial charge on any atom is 0.350 e. The van der Waals surface area contributed by atoms with Crippen LogP contribution in [0.1, 0.15) is 47.1 Å². The van der Waals surface area contributed by atoms with Crippen molar-refractivity contribution < 1.29 is 14.3 Å². The highest BCUT2D eigenvalue weighted by atomic mass is 32.1. The first-order valence-electron chi connectivity index (χ1n) is 8.08. The van der Waals surface area contributed by atoms with Gasteiger partial charge in [-0.05, 0) is 32.3 Å². The van der Waals surface area contributed by atoms with Gasteiger partial charge in [-0.25, -0.2) is 9.78 Å². The van der Waals surface area contributed by atoms with E-state index in [0.717, 1.165) is 36.2 Å². The van der Waals surface area contributed by atoms with Crippen LogP contribution in [0.3, 0.4) is 0 Å². The van der Waals surface area contributed by atoms with Gasteiger partial charge in [0.2, 0.25) is 5.91 Å². The lowest BCUT2D eigenvalue weighted by molar-refractivity contribution is -0.124. The molecule has 1 heterocycles. The molecule has 1 aliphatic carbocycles. The fraction of sp³-hybridized carbons (Fsp3) is 0.389. The highest BCUT2D eigenvalue weighted by Crippen LogP contribution is 2.44. The molecule has 0 atom stereocenters. The van der Waals surface area contributed by atoms with E-state index >= 15 is 0 Å². The van der Waals surface area contributed by atoms with E-state index in [1.165, 1.54) is 0 Å². The van der Waals surface area contributed by atoms with Crippen LogP contribution in [0.5, 0.6) is 0 Å². The molecule has 5 nitrogen and oxygen atoms in total. The number of ether oxygens (including phenoxy) is 1. The van der Waals surface area contributed by atoms with Crippen LogP contribution in [0, 0.1) is 6.92 Å². The van der Waals surface area contributed by atoms with E-state index in [-0.39, 0.29) is 5.91 Å². The van der Waals surface area contributed by atoms with Crippen molar-refractivity contribution in [1.29, 1.82) is 0 Å². The summed E-state index contributed by atoms with van der Waals surface area (Å²) in [5.74, 6) is -0.446. The summed E-state index contributed by atoms with van der Waals surface area (Å²) in [4.78, 5) is 29.5. The van der Waals surface area contributed by atoms with Gasteiger partial charge in [0, 0.05) is 0 Å². The predicted molar refractivity (Wildman–Crippen MR) is 93.4 cm³/mol. The molecule has 0 radical (unpaired) electrons. The molecule has 1 amide bonds. The Morgan fingerprint density at radius 1 is 1.29 bits per heavy atom. The molecule has 6 heteroatoms. The number of anilines is 1. The van der Waals surface area contributed by atoms with Crippen molar-refractivity contribution in [3.63, 3.8) is 0 Å². The number of esters is 1. The molecule has 0 spiro atoms. The highest BCUT2D eigenvalue weighted by Gasteiger charge is 2.45. The first kappa shape index (κ1) is 16.6. The second kappa shape index (κ2) is 6.73. The zero-order valence-corrected chi connectivity index (χ0v) is 14.6. The van der Waals surface area contributed by atoms with Crippen molar-refractivity contribution in [1.82, 2.24) is 4.98 Å². The molecule has 2 aromatic rings. The van der Waals surface area contributed by atoms with Crippen LogP contribution in [-0.2, 0) is 14.9 Å². The number of hydrogen-bond donors (Lipinski definition) is 1. The van der Waals surface area contributed by atoms with Crippen LogP contribution < -0.4 is 5.32 Å². The summed E-state index contributed by atoms with van der Waals surface area (Å²) in [6, 6.07) is 9.85. The number of aryl methyl sites for hydroxylation is 1. The summed E-state index contributed by atoms with van der Waals surface area (Å²) in [5, 5.41) is 3.35. The third kappa shape index (κ3) is 2.94. The maximum absolute atomic E-state index is 12.9. The molecule has 1 fully saturated rings. The Morgan fingerprint density at radius 3 is 2.58 bits per heavy atom. The minimum Gasteiger partial charge on any atom is -0.462 e. The number of carbonyl (C=O) groups is 2. The molecule has 24 heavy (non-hydrogen) atoms. The molecule has 1 aliphatic rings. The quantitative estimate of drug-likeness (QED) is 0.840. The number of nitrogens with one attached hydrogen (secondary N) is 1. The monoisotopic (exact) mass is 344 g/mol. The van der Waals surface area contributed by atoms with Crippen molar-refractivity contribution in [3.8, 4) is 0 Å². The van der Waals surface area contributed by atoms with E-state index < -0.39 is 11.4 Å². The van der Waals surface area contributed by atoms with Gasteiger partial charge in [0.1, 0.15) is 4.88 Å². The first-order valence-corrected chi connectivity index (χ1v) is 8.90. The normalized spacial score (nSPS) is 15.4. The van der Waals surface area contributed by atoms with Crippen LogP contribution in [0.4, 0.5) is 5.13 Å². The Labute approximate surface area is 145 Å². The standard InChI is InChI=1S/C18H20N2O3S/c1-3-23-15(21)14-12(2)19-17(24-14)20-16(22)18(10-7-11-18)13-8-5-4-6-9-13/h4-6,8-9H,3,7,10-11H2,1-2H3,(H,19,20,22). The lowest BCUT2D eigenvalue weighted by Crippen LogP contribution is -2.45. The van der Waals surface area contributed by atoms with Crippen molar-refractivity contribution in [3.05, 3.63) is 46.5 Å². The van der Waals surface area contributed by atoms with E-state index in [9.17, 15) is 9.59 Å². The maximum atomic E-state index is 12.9. The number of rotatable bonds is 5. The smallest absolute Gasteiger partial charge is 0.350 e. The van der Waals surface area contributed by atoms with Crippen molar-refractivity contribution in [2.75, 3.05) is 11.9 Å². The molecule has 1 saturated carbocycles. The molecular formula is C18H20N2O3S. The summed E-state index contributed by atoms with van der Waals surface area (Å²) >= 11 is 1.16. The highest BCUT2D eigenvalue weighted by molar-refractivity contribution is 7.17. The van der Waals surface area contributed by atoms with E-state index in [4.69, 9.17) is 4.74 Å². The van der Waals surface area contributed by atoms with Gasteiger partial charge in [-0.15, -0.1) is 0 Å². The molecule has 0 aliphatic heterocycles. The molecule has 1 aromatic heterocycles. The average molecular weight is 344 g/mol. The molecule has 1 N–H and O–H groups in total. The number of benzene rings is 1. The number of hydrogen-bond acceptors (Lipinski definition) is 5. The fourth-order valence-corrected chi connectivity index (χ4v) is 3.84. The summed E-state index contributed by atoms with van der Waals surface area (Å²) in [5.41, 5.74) is 1.13. The van der Waals surface area contributed by atoms with Crippen molar-refractivity contribution in [2.45, 2.75) is 38.5 Å². The van der Waals surface area contributed by atoms with E-state index in [0.29, 0.717) is 22.3 Å². The summed E-state index contributed by atoms with van der Waals surface area (Å²) < 4.78 is 5.01. The van der Waals surface area contributed by atoms with Gasteiger partial charge in [-0.3, -0.25) is 4.79 Å². The average Bonchev–Trinajstić information content (AvgIpc) is 2.88. The van der Waals surface area contributed by atoms with Gasteiger partial charge >= 0.3 is 5.97 Å². The molecule has 3 rings (SSSR count). The minimum absolute atomic E-state index is 0.0518. The zero-order chi connectivity index (χ0) is 17.2. The van der Waals surface area contributed by atoms with Gasteiger partial charge in [-0.1, -0.05) is 48.1 Å². The van der Waals surface area contributed by atoms with E-state index in [2.05, 4.69) is 10.3 Å². The van der Waals surface area contributed by atoms with Gasteiger partial charge < -0.3 is 10.1 Å². The van der Waals surface area contributed by atoms with Crippen molar-refractivity contribution in [2.24, 2.45) is 0 Å². The van der Waals surface area contributed by atoms with Gasteiger partial charge in [0.15, 0.2) is 5.13 Å². The first-order chi connectivity index (χ1) is 11.6. The van der Waals surface area contributed by atoms with E-state index in [1.54, 1.807) is 13.8 Å². The number of amides is 1. The van der Waals surface area contributed by atoms with Crippen LogP contribution >= 0.6 is 11.3 Å². The molecule has 1 aromatic carbocycles. The van der Waals surface area contributed by atoms with Gasteiger partial charge in [0.25, 0.3) is 0 Å². The Morgan fingerprint density at radius 2 is 2.00 bits per heavy atom. The van der Waals surface area contributed by atoms with Crippen LogP contribution in [-0.4, -0.2) is 23.5 Å². The fourth-order valence-electron chi connectivity index (χ4n) is 2.99. The van der Waals surface area contributed by atoms with Crippen LogP contribution in [0.25, 0.3) is 0 Å². The second-order valence-corrected chi connectivity index (χ2v) is 6.91.